The predicted molar refractivity (Wildman–Crippen MR) is 88.9 cm³/mol. The van der Waals surface area contributed by atoms with E-state index in [1.807, 2.05) is 0 Å². The number of piperidine rings is 1. The Morgan fingerprint density at radius 2 is 1.78 bits per heavy atom. The van der Waals surface area contributed by atoms with Crippen molar-refractivity contribution in [1.29, 1.82) is 0 Å². The highest BCUT2D eigenvalue weighted by molar-refractivity contribution is 7.90. The standard InChI is InChI=1S/C16H24N2O4S/c1-12(2)16(19)17-23(20,21)15-6-4-13(5-7-15)18-10-8-14(22-3)9-11-18/h4-7,12,14H,8-11H2,1-3H3,(H,17,19). The SMILES string of the molecule is COC1CCN(c2ccc(S(=O)(=O)NC(=O)C(C)C)cc2)CC1. The predicted octanol–water partition coefficient (Wildman–Crippen LogP) is 1.76. The van der Waals surface area contributed by atoms with E-state index in [0.29, 0.717) is 6.10 Å². The number of nitrogens with zero attached hydrogens (tertiary/aromatic N) is 1. The van der Waals surface area contributed by atoms with Gasteiger partial charge in [0.05, 0.1) is 11.0 Å². The molecule has 2 rings (SSSR count). The lowest BCUT2D eigenvalue weighted by Crippen LogP contribution is -2.36. The van der Waals surface area contributed by atoms with Crippen molar-refractivity contribution in [2.75, 3.05) is 25.1 Å². The fourth-order valence-electron chi connectivity index (χ4n) is 2.50. The Bertz CT molecular complexity index is 633. The highest BCUT2D eigenvalue weighted by Crippen LogP contribution is 2.22. The normalized spacial score (nSPS) is 16.6. The van der Waals surface area contributed by atoms with E-state index in [2.05, 4.69) is 9.62 Å². The van der Waals surface area contributed by atoms with E-state index >= 15 is 0 Å². The van der Waals surface area contributed by atoms with E-state index in [4.69, 9.17) is 4.74 Å². The van der Waals surface area contributed by atoms with Crippen molar-refractivity contribution in [1.82, 2.24) is 4.72 Å². The number of ether oxygens (including phenoxy) is 1. The summed E-state index contributed by atoms with van der Waals surface area (Å²) in [5.41, 5.74) is 0.980. The first-order valence-electron chi connectivity index (χ1n) is 7.78. The van der Waals surface area contributed by atoms with Gasteiger partial charge in [-0.05, 0) is 37.1 Å². The van der Waals surface area contributed by atoms with E-state index in [9.17, 15) is 13.2 Å². The molecule has 0 saturated carbocycles. The zero-order chi connectivity index (χ0) is 17.0. The van der Waals surface area contributed by atoms with Crippen LogP contribution in [0.2, 0.25) is 0 Å². The minimum absolute atomic E-state index is 0.0991. The number of hydrogen-bond acceptors (Lipinski definition) is 5. The summed E-state index contributed by atoms with van der Waals surface area (Å²) in [5.74, 6) is -0.887. The van der Waals surface area contributed by atoms with Gasteiger partial charge in [0.2, 0.25) is 5.91 Å². The summed E-state index contributed by atoms with van der Waals surface area (Å²) in [6, 6.07) is 6.63. The maximum atomic E-state index is 12.2. The molecular formula is C16H24N2O4S. The van der Waals surface area contributed by atoms with Gasteiger partial charge in [-0.3, -0.25) is 4.79 Å². The topological polar surface area (TPSA) is 75.7 Å². The van der Waals surface area contributed by atoms with Crippen molar-refractivity contribution in [3.05, 3.63) is 24.3 Å². The van der Waals surface area contributed by atoms with Gasteiger partial charge in [0.1, 0.15) is 0 Å². The average Bonchev–Trinajstić information content (AvgIpc) is 2.54. The number of rotatable bonds is 5. The first-order valence-corrected chi connectivity index (χ1v) is 9.26. The van der Waals surface area contributed by atoms with E-state index in [0.717, 1.165) is 31.6 Å². The summed E-state index contributed by atoms with van der Waals surface area (Å²) in [5, 5.41) is 0. The molecule has 0 radical (unpaired) electrons. The second-order valence-electron chi connectivity index (χ2n) is 6.04. The van der Waals surface area contributed by atoms with Gasteiger partial charge in [0, 0.05) is 31.8 Å². The van der Waals surface area contributed by atoms with Gasteiger partial charge in [-0.1, -0.05) is 13.8 Å². The number of amides is 1. The number of nitrogens with one attached hydrogen (secondary N) is 1. The molecule has 7 heteroatoms. The molecule has 0 aliphatic carbocycles. The maximum Gasteiger partial charge on any atom is 0.264 e. The van der Waals surface area contributed by atoms with Gasteiger partial charge >= 0.3 is 0 Å². The van der Waals surface area contributed by atoms with Crippen LogP contribution in [-0.2, 0) is 19.6 Å². The lowest BCUT2D eigenvalue weighted by molar-refractivity contribution is -0.122. The van der Waals surface area contributed by atoms with Crippen LogP contribution in [0, 0.1) is 5.92 Å². The molecule has 1 aromatic carbocycles. The zero-order valence-corrected chi connectivity index (χ0v) is 14.6. The fourth-order valence-corrected chi connectivity index (χ4v) is 3.61. The second kappa shape index (κ2) is 7.31. The van der Waals surface area contributed by atoms with Crippen molar-refractivity contribution in [2.24, 2.45) is 5.92 Å². The largest absolute Gasteiger partial charge is 0.381 e. The van der Waals surface area contributed by atoms with Crippen LogP contribution in [0.15, 0.2) is 29.2 Å². The summed E-state index contributed by atoms with van der Waals surface area (Å²) in [7, 11) is -2.08. The minimum Gasteiger partial charge on any atom is -0.381 e. The smallest absolute Gasteiger partial charge is 0.264 e. The molecule has 0 unspecified atom stereocenters. The molecule has 1 aromatic rings. The molecule has 1 N–H and O–H groups in total. The number of methoxy groups -OCH3 is 1. The molecule has 1 aliphatic heterocycles. The molecule has 23 heavy (non-hydrogen) atoms. The third kappa shape index (κ3) is 4.45. The van der Waals surface area contributed by atoms with E-state index in [-0.39, 0.29) is 10.8 Å². The van der Waals surface area contributed by atoms with Crippen molar-refractivity contribution < 1.29 is 17.9 Å². The van der Waals surface area contributed by atoms with Crippen LogP contribution in [0.25, 0.3) is 0 Å². The molecule has 1 amide bonds. The molecule has 1 heterocycles. The Morgan fingerprint density at radius 3 is 2.26 bits per heavy atom. The maximum absolute atomic E-state index is 12.2. The van der Waals surface area contributed by atoms with Gasteiger partial charge in [0.15, 0.2) is 0 Å². The van der Waals surface area contributed by atoms with Crippen LogP contribution < -0.4 is 9.62 Å². The van der Waals surface area contributed by atoms with Crippen LogP contribution in [0.1, 0.15) is 26.7 Å². The number of carbonyl (C=O) groups excluding carboxylic acids is 1. The van der Waals surface area contributed by atoms with Crippen LogP contribution in [-0.4, -0.2) is 40.6 Å². The average molecular weight is 340 g/mol. The Hall–Kier alpha value is -1.60. The van der Waals surface area contributed by atoms with Gasteiger partial charge in [-0.25, -0.2) is 13.1 Å². The zero-order valence-electron chi connectivity index (χ0n) is 13.8. The first kappa shape index (κ1) is 17.7. The Labute approximate surface area is 137 Å². The molecule has 0 aromatic heterocycles. The molecule has 0 spiro atoms. The molecule has 1 saturated heterocycles. The van der Waals surface area contributed by atoms with Crippen LogP contribution in [0.3, 0.4) is 0 Å². The fraction of sp³-hybridized carbons (Fsp3) is 0.562. The van der Waals surface area contributed by atoms with Crippen molar-refractivity contribution in [2.45, 2.75) is 37.7 Å². The minimum atomic E-state index is -3.80. The van der Waals surface area contributed by atoms with E-state index in [1.54, 1.807) is 33.1 Å². The number of benzene rings is 1. The molecule has 1 aliphatic rings. The lowest BCUT2D eigenvalue weighted by atomic mass is 10.1. The van der Waals surface area contributed by atoms with Gasteiger partial charge < -0.3 is 9.64 Å². The molecule has 0 bridgehead atoms. The van der Waals surface area contributed by atoms with Gasteiger partial charge in [-0.15, -0.1) is 0 Å². The molecule has 6 nitrogen and oxygen atoms in total. The monoisotopic (exact) mass is 340 g/mol. The second-order valence-corrected chi connectivity index (χ2v) is 7.72. The molecule has 128 valence electrons. The van der Waals surface area contributed by atoms with Crippen molar-refractivity contribution >= 4 is 21.6 Å². The highest BCUT2D eigenvalue weighted by atomic mass is 32.2. The third-order valence-electron chi connectivity index (χ3n) is 4.05. The van der Waals surface area contributed by atoms with Crippen molar-refractivity contribution in [3.63, 3.8) is 0 Å². The summed E-state index contributed by atoms with van der Waals surface area (Å²) >= 11 is 0. The van der Waals surface area contributed by atoms with E-state index in [1.165, 1.54) is 12.1 Å². The summed E-state index contributed by atoms with van der Waals surface area (Å²) in [4.78, 5) is 13.9. The summed E-state index contributed by atoms with van der Waals surface area (Å²) in [6.45, 7) is 5.07. The van der Waals surface area contributed by atoms with Crippen LogP contribution >= 0.6 is 0 Å². The molecule has 0 atom stereocenters. The quantitative estimate of drug-likeness (QED) is 0.884. The van der Waals surface area contributed by atoms with Crippen LogP contribution in [0.5, 0.6) is 0 Å². The van der Waals surface area contributed by atoms with Crippen molar-refractivity contribution in [3.8, 4) is 0 Å². The number of anilines is 1. The first-order chi connectivity index (χ1) is 10.8. The number of hydrogen-bond donors (Lipinski definition) is 1. The molecular weight excluding hydrogens is 316 g/mol. The third-order valence-corrected chi connectivity index (χ3v) is 5.41. The van der Waals surface area contributed by atoms with Crippen LogP contribution in [0.4, 0.5) is 5.69 Å². The van der Waals surface area contributed by atoms with Gasteiger partial charge in [-0.2, -0.15) is 0 Å². The summed E-state index contributed by atoms with van der Waals surface area (Å²) < 4.78 is 31.7. The summed E-state index contributed by atoms with van der Waals surface area (Å²) in [6.07, 6.45) is 2.22. The Kier molecular flexibility index (Phi) is 5.64. The molecule has 1 fully saturated rings. The highest BCUT2D eigenvalue weighted by Gasteiger charge is 2.21. The van der Waals surface area contributed by atoms with E-state index < -0.39 is 15.9 Å². The Balaban J connectivity index is 2.06. The number of sulfonamides is 1. The Morgan fingerprint density at radius 1 is 1.22 bits per heavy atom. The number of carbonyl (C=O) groups is 1. The van der Waals surface area contributed by atoms with Gasteiger partial charge in [0.25, 0.3) is 10.0 Å². The lowest BCUT2D eigenvalue weighted by Gasteiger charge is -2.33.